The number of anilines is 1. The van der Waals surface area contributed by atoms with E-state index in [0.717, 1.165) is 4.88 Å². The third-order valence-corrected chi connectivity index (χ3v) is 3.81. The number of rotatable bonds is 2. The second-order valence-corrected chi connectivity index (χ2v) is 5.48. The maximum atomic E-state index is 13.3. The average molecular weight is 274 g/mol. The van der Waals surface area contributed by atoms with Gasteiger partial charge in [-0.3, -0.25) is 0 Å². The summed E-state index contributed by atoms with van der Waals surface area (Å²) in [5, 5.41) is 3.99. The molecule has 1 aromatic carbocycles. The fourth-order valence-electron chi connectivity index (χ4n) is 1.96. The largest absolute Gasteiger partial charge is 0.367 e. The zero-order chi connectivity index (χ0) is 13.4. The van der Waals surface area contributed by atoms with Gasteiger partial charge in [0.2, 0.25) is 5.88 Å². The summed E-state index contributed by atoms with van der Waals surface area (Å²) in [6.07, 6.45) is 0. The van der Waals surface area contributed by atoms with Gasteiger partial charge >= 0.3 is 0 Å². The maximum absolute atomic E-state index is 13.3. The number of nitrogens with two attached hydrogens (primary N) is 1. The van der Waals surface area contributed by atoms with Crippen molar-refractivity contribution in [1.29, 1.82) is 0 Å². The highest BCUT2D eigenvalue weighted by molar-refractivity contribution is 7.15. The lowest BCUT2D eigenvalue weighted by Gasteiger charge is -2.01. The van der Waals surface area contributed by atoms with Crippen molar-refractivity contribution in [3.8, 4) is 21.7 Å². The molecule has 0 radical (unpaired) electrons. The van der Waals surface area contributed by atoms with Crippen molar-refractivity contribution < 1.29 is 8.91 Å². The number of thiophene rings is 1. The van der Waals surface area contributed by atoms with Gasteiger partial charge < -0.3 is 10.3 Å². The molecule has 0 amide bonds. The van der Waals surface area contributed by atoms with Gasteiger partial charge in [-0.05, 0) is 36.8 Å². The normalized spacial score (nSPS) is 10.8. The molecule has 2 heterocycles. The molecule has 3 nitrogen and oxygen atoms in total. The molecule has 0 aliphatic rings. The third kappa shape index (κ3) is 2.13. The topological polar surface area (TPSA) is 52.0 Å². The Kier molecular flexibility index (Phi) is 2.83. The van der Waals surface area contributed by atoms with Gasteiger partial charge in [-0.15, -0.1) is 11.3 Å². The molecule has 2 N–H and O–H groups in total. The average Bonchev–Trinajstić information content (AvgIpc) is 2.95. The lowest BCUT2D eigenvalue weighted by atomic mass is 10.0. The summed E-state index contributed by atoms with van der Waals surface area (Å²) in [6, 6.07) is 10.2. The molecule has 0 fully saturated rings. The first-order chi connectivity index (χ1) is 9.15. The standard InChI is InChI=1S/C14H11FN2OS/c1-8-5-6-11(19-8)13-12(14(16)18-17-13)9-3-2-4-10(15)7-9/h2-7H,16H2,1H3. The van der Waals surface area contributed by atoms with Gasteiger partial charge in [0.05, 0.1) is 10.4 Å². The van der Waals surface area contributed by atoms with Crippen LogP contribution in [-0.2, 0) is 0 Å². The molecule has 0 saturated carbocycles. The molecule has 5 heteroatoms. The molecule has 3 aromatic rings. The van der Waals surface area contributed by atoms with E-state index >= 15 is 0 Å². The van der Waals surface area contributed by atoms with Gasteiger partial charge in [0.15, 0.2) is 0 Å². The Morgan fingerprint density at radius 3 is 2.79 bits per heavy atom. The van der Waals surface area contributed by atoms with E-state index in [4.69, 9.17) is 10.3 Å². The molecule has 0 aliphatic heterocycles. The van der Waals surface area contributed by atoms with Crippen molar-refractivity contribution in [3.05, 3.63) is 47.1 Å². The highest BCUT2D eigenvalue weighted by Gasteiger charge is 2.18. The maximum Gasteiger partial charge on any atom is 0.230 e. The number of halogens is 1. The molecule has 0 saturated heterocycles. The first kappa shape index (κ1) is 11.9. The van der Waals surface area contributed by atoms with Gasteiger partial charge in [-0.2, -0.15) is 0 Å². The fourth-order valence-corrected chi connectivity index (χ4v) is 2.81. The number of nitrogen functional groups attached to an aromatic ring is 1. The van der Waals surface area contributed by atoms with Crippen molar-refractivity contribution in [2.75, 3.05) is 5.73 Å². The van der Waals surface area contributed by atoms with E-state index < -0.39 is 0 Å². The van der Waals surface area contributed by atoms with Crippen LogP contribution >= 0.6 is 11.3 Å². The monoisotopic (exact) mass is 274 g/mol. The molecule has 96 valence electrons. The zero-order valence-corrected chi connectivity index (χ0v) is 11.0. The summed E-state index contributed by atoms with van der Waals surface area (Å²) in [6.45, 7) is 2.01. The van der Waals surface area contributed by atoms with Gasteiger partial charge in [0.25, 0.3) is 0 Å². The quantitative estimate of drug-likeness (QED) is 0.765. The molecule has 3 rings (SSSR count). The lowest BCUT2D eigenvalue weighted by molar-refractivity contribution is 0.439. The number of aryl methyl sites for hydroxylation is 1. The summed E-state index contributed by atoms with van der Waals surface area (Å²) in [5.74, 6) is -0.113. The third-order valence-electron chi connectivity index (χ3n) is 2.81. The van der Waals surface area contributed by atoms with Crippen LogP contribution in [0.15, 0.2) is 40.9 Å². The van der Waals surface area contributed by atoms with Crippen LogP contribution in [0.5, 0.6) is 0 Å². The molecule has 2 aromatic heterocycles. The van der Waals surface area contributed by atoms with E-state index in [-0.39, 0.29) is 11.7 Å². The number of hydrogen-bond acceptors (Lipinski definition) is 4. The Morgan fingerprint density at radius 1 is 1.26 bits per heavy atom. The Balaban J connectivity index is 2.19. The molecule has 0 unspecified atom stereocenters. The second kappa shape index (κ2) is 4.51. The van der Waals surface area contributed by atoms with Crippen molar-refractivity contribution in [1.82, 2.24) is 5.16 Å². The summed E-state index contributed by atoms with van der Waals surface area (Å²) in [5.41, 5.74) is 7.78. The van der Waals surface area contributed by atoms with Crippen LogP contribution in [0.1, 0.15) is 4.88 Å². The van der Waals surface area contributed by atoms with Gasteiger partial charge in [0, 0.05) is 4.88 Å². The van der Waals surface area contributed by atoms with Crippen molar-refractivity contribution in [2.45, 2.75) is 6.92 Å². The molecule has 19 heavy (non-hydrogen) atoms. The molecule has 0 atom stereocenters. The molecule has 0 spiro atoms. The van der Waals surface area contributed by atoms with Crippen LogP contribution in [0.25, 0.3) is 21.7 Å². The van der Waals surface area contributed by atoms with Crippen molar-refractivity contribution >= 4 is 17.2 Å². The minimum absolute atomic E-state index is 0.201. The molecule has 0 aliphatic carbocycles. The first-order valence-electron chi connectivity index (χ1n) is 5.73. The van der Waals surface area contributed by atoms with Gasteiger partial charge in [0.1, 0.15) is 11.5 Å². The van der Waals surface area contributed by atoms with E-state index in [1.165, 1.54) is 17.0 Å². The Morgan fingerprint density at radius 2 is 2.11 bits per heavy atom. The van der Waals surface area contributed by atoms with E-state index in [1.54, 1.807) is 23.5 Å². The first-order valence-corrected chi connectivity index (χ1v) is 6.54. The Hall–Kier alpha value is -2.14. The zero-order valence-electron chi connectivity index (χ0n) is 10.2. The number of benzene rings is 1. The van der Waals surface area contributed by atoms with E-state index in [2.05, 4.69) is 5.16 Å². The minimum atomic E-state index is -0.314. The number of aromatic nitrogens is 1. The van der Waals surface area contributed by atoms with Gasteiger partial charge in [-0.25, -0.2) is 4.39 Å². The second-order valence-electron chi connectivity index (χ2n) is 4.19. The highest BCUT2D eigenvalue weighted by atomic mass is 32.1. The van der Waals surface area contributed by atoms with E-state index in [0.29, 0.717) is 16.8 Å². The molecule has 0 bridgehead atoms. The van der Waals surface area contributed by atoms with Crippen LogP contribution in [0.3, 0.4) is 0 Å². The Labute approximate surface area is 113 Å². The van der Waals surface area contributed by atoms with Crippen LogP contribution < -0.4 is 5.73 Å². The van der Waals surface area contributed by atoms with Crippen molar-refractivity contribution in [2.24, 2.45) is 0 Å². The molecular formula is C14H11FN2OS. The number of nitrogens with zero attached hydrogens (tertiary/aromatic N) is 1. The predicted octanol–water partition coefficient (Wildman–Crippen LogP) is 4.10. The van der Waals surface area contributed by atoms with Crippen LogP contribution in [0.2, 0.25) is 0 Å². The SMILES string of the molecule is Cc1ccc(-c2noc(N)c2-c2cccc(F)c2)s1. The van der Waals surface area contributed by atoms with Crippen molar-refractivity contribution in [3.63, 3.8) is 0 Å². The van der Waals surface area contributed by atoms with E-state index in [9.17, 15) is 4.39 Å². The minimum Gasteiger partial charge on any atom is -0.367 e. The summed E-state index contributed by atoms with van der Waals surface area (Å²) >= 11 is 1.60. The predicted molar refractivity (Wildman–Crippen MR) is 74.4 cm³/mol. The highest BCUT2D eigenvalue weighted by Crippen LogP contribution is 2.38. The molecular weight excluding hydrogens is 263 g/mol. The van der Waals surface area contributed by atoms with Crippen LogP contribution in [0, 0.1) is 12.7 Å². The van der Waals surface area contributed by atoms with Crippen LogP contribution in [0.4, 0.5) is 10.3 Å². The lowest BCUT2D eigenvalue weighted by Crippen LogP contribution is -1.87. The van der Waals surface area contributed by atoms with Gasteiger partial charge in [-0.1, -0.05) is 17.3 Å². The number of hydrogen-bond donors (Lipinski definition) is 1. The van der Waals surface area contributed by atoms with Crippen LogP contribution in [-0.4, -0.2) is 5.16 Å². The summed E-state index contributed by atoms with van der Waals surface area (Å²) in [4.78, 5) is 2.12. The summed E-state index contributed by atoms with van der Waals surface area (Å²) < 4.78 is 18.4. The Bertz CT molecular complexity index is 733. The summed E-state index contributed by atoms with van der Waals surface area (Å²) in [7, 11) is 0. The van der Waals surface area contributed by atoms with E-state index in [1.807, 2.05) is 19.1 Å². The smallest absolute Gasteiger partial charge is 0.230 e. The fraction of sp³-hybridized carbons (Fsp3) is 0.0714.